The van der Waals surface area contributed by atoms with Crippen molar-refractivity contribution >= 4 is 17.3 Å². The van der Waals surface area contributed by atoms with Crippen molar-refractivity contribution in [2.24, 2.45) is 69.0 Å². The smallest absolute Gasteiger partial charge is 0.160 e. The summed E-state index contributed by atoms with van der Waals surface area (Å²) in [7, 11) is 1.94. The number of carbonyl (C=O) groups excluding carboxylic acids is 2. The third-order valence-corrected chi connectivity index (χ3v) is 24.5. The minimum Gasteiger partial charge on any atom is -0.508 e. The first-order chi connectivity index (χ1) is 35.4. The van der Waals surface area contributed by atoms with E-state index in [4.69, 9.17) is 10.5 Å². The van der Waals surface area contributed by atoms with Crippen LogP contribution in [-0.2, 0) is 20.9 Å². The number of nitrogens with two attached hydrogens (primary N) is 1. The summed E-state index contributed by atoms with van der Waals surface area (Å²) in [5, 5.41) is 43.9. The van der Waals surface area contributed by atoms with Gasteiger partial charge in [0, 0.05) is 48.0 Å². The Morgan fingerprint density at radius 3 is 2.39 bits per heavy atom. The van der Waals surface area contributed by atoms with E-state index in [1.54, 1.807) is 0 Å². The lowest BCUT2D eigenvalue weighted by Crippen LogP contribution is -2.72. The fourth-order valence-corrected chi connectivity index (χ4v) is 21.4. The van der Waals surface area contributed by atoms with Crippen molar-refractivity contribution in [3.63, 3.8) is 0 Å². The number of aromatic hydroxyl groups is 1. The zero-order valence-corrected chi connectivity index (χ0v) is 46.2. The Morgan fingerprint density at radius 2 is 1.61 bits per heavy atom. The number of epoxide rings is 1. The monoisotopic (exact) mass is 1010 g/mol. The second kappa shape index (κ2) is 18.8. The predicted octanol–water partition coefficient (Wildman–Crippen LogP) is 11.9. The van der Waals surface area contributed by atoms with Crippen LogP contribution in [0.25, 0.3) is 0 Å². The molecular weight excluding hydrogens is 919 g/mol. The molecule has 0 radical (unpaired) electrons. The first-order valence-corrected chi connectivity index (χ1v) is 30.3. The summed E-state index contributed by atoms with van der Waals surface area (Å²) in [6.07, 6.45) is 21.3. The van der Waals surface area contributed by atoms with E-state index in [2.05, 4.69) is 62.6 Å². The molecule has 18 atom stereocenters. The molecular formula is C65H93N3O6. The molecule has 8 aliphatic carbocycles. The van der Waals surface area contributed by atoms with Gasteiger partial charge in [-0.15, -0.1) is 0 Å². The van der Waals surface area contributed by atoms with Gasteiger partial charge in [0.25, 0.3) is 0 Å². The minimum absolute atomic E-state index is 0.0147. The molecule has 74 heavy (non-hydrogen) atoms. The number of nitrogens with one attached hydrogen (secondary N) is 2. The van der Waals surface area contributed by atoms with Crippen LogP contribution in [0.4, 0.5) is 5.69 Å². The van der Waals surface area contributed by atoms with E-state index in [0.717, 1.165) is 119 Å². The Morgan fingerprint density at radius 1 is 0.838 bits per heavy atom. The molecule has 9 heteroatoms. The second-order valence-electron chi connectivity index (χ2n) is 28.3. The predicted molar refractivity (Wildman–Crippen MR) is 292 cm³/mol. The number of β-amino-alcohol motifs (C(OH)–C–C–N with tert-alkyl or cyclic N) is 1. The Balaban J connectivity index is 0.966. The number of phenols is 1. The van der Waals surface area contributed by atoms with Crippen LogP contribution in [0.2, 0.25) is 0 Å². The molecule has 18 unspecified atom stereocenters. The summed E-state index contributed by atoms with van der Waals surface area (Å²) in [6.45, 7) is 12.8. The van der Waals surface area contributed by atoms with Gasteiger partial charge in [-0.2, -0.15) is 0 Å². The number of phenolic OH excluding ortho intramolecular Hbond substituents is 1. The normalized spacial score (nSPS) is 45.9. The third kappa shape index (κ3) is 7.95. The van der Waals surface area contributed by atoms with Crippen LogP contribution in [0.5, 0.6) is 5.75 Å². The van der Waals surface area contributed by atoms with Gasteiger partial charge in [0.1, 0.15) is 17.6 Å². The van der Waals surface area contributed by atoms with E-state index in [9.17, 15) is 15.3 Å². The van der Waals surface area contributed by atoms with Crippen LogP contribution in [0.15, 0.2) is 53.6 Å². The topological polar surface area (TPSA) is 157 Å². The molecule has 2 aliphatic heterocycles. The first-order valence-electron chi connectivity index (χ1n) is 30.3. The van der Waals surface area contributed by atoms with Crippen molar-refractivity contribution in [2.75, 3.05) is 19.3 Å². The number of fused-ring (bicyclic) bond motifs is 5. The molecule has 0 spiro atoms. The minimum atomic E-state index is -0.866. The van der Waals surface area contributed by atoms with Gasteiger partial charge in [0.2, 0.25) is 0 Å². The number of benzene rings is 2. The average Bonchev–Trinajstić information content (AvgIpc) is 3.80. The number of aliphatic hydroxyl groups is 2. The molecule has 7 N–H and O–H groups in total. The van der Waals surface area contributed by atoms with E-state index in [1.165, 1.54) is 43.2 Å². The number of ketones is 2. The molecule has 2 aromatic rings. The van der Waals surface area contributed by atoms with E-state index in [0.29, 0.717) is 67.1 Å². The number of carbonyl (C=O) groups is 2. The SMILES string of the molecule is CNCc1cc(O)cc(C2CC3(C4CCCC4)C4C(CC5(C)C3CCC3=C(C6C7CCCCC7CCC6C(O)C6OC6(C)C6CCCC6c6cccc(N)c6)C(=O)CC35C)NCC(C)(O)CCCCC4(C)C2=O)c1. The Bertz CT molecular complexity index is 2530. The summed E-state index contributed by atoms with van der Waals surface area (Å²) in [6, 6.07) is 14.4. The molecule has 9 fully saturated rings. The molecule has 0 aromatic heterocycles. The molecule has 2 saturated heterocycles. The highest BCUT2D eigenvalue weighted by atomic mass is 16.6. The zero-order chi connectivity index (χ0) is 51.7. The Labute approximate surface area is 443 Å². The highest BCUT2D eigenvalue weighted by molar-refractivity contribution is 6.01. The molecule has 12 rings (SSSR count). The van der Waals surface area contributed by atoms with E-state index in [1.807, 2.05) is 32.2 Å². The van der Waals surface area contributed by atoms with Gasteiger partial charge in [0.05, 0.1) is 17.3 Å². The van der Waals surface area contributed by atoms with Crippen LogP contribution < -0.4 is 16.4 Å². The molecule has 2 heterocycles. The van der Waals surface area contributed by atoms with Crippen molar-refractivity contribution < 1.29 is 29.6 Å². The van der Waals surface area contributed by atoms with Gasteiger partial charge < -0.3 is 36.4 Å². The van der Waals surface area contributed by atoms with E-state index >= 15 is 9.59 Å². The van der Waals surface area contributed by atoms with Gasteiger partial charge in [-0.3, -0.25) is 9.59 Å². The average molecular weight is 1010 g/mol. The number of anilines is 1. The second-order valence-corrected chi connectivity index (χ2v) is 28.3. The highest BCUT2D eigenvalue weighted by Crippen LogP contribution is 2.78. The Hall–Kier alpha value is -3.08. The summed E-state index contributed by atoms with van der Waals surface area (Å²) in [5.41, 5.74) is 10.2. The standard InChI is InChI=1S/C65H93N3O6/c1-60(73)27-11-12-28-61(2)57-51(68-37-60)34-63(4)53(65(57,42-17-8-9-18-42)33-48(58(61)72)41-29-38(36-67-6)30-44(69)32-41)26-25-50-55(52(70)35-62(50,63)3)54-46-20-10-7-15-39(46)23-24-47(54)56(71)59-64(5,74-59)49-22-14-21-45(49)40-16-13-19-43(66)31-40/h13,16,19,29-32,39,42,45-49,51,53-54,56-57,59,67-69,71,73H,7-12,14-15,17-18,20-28,33-37,66H2,1-6H3. The van der Waals surface area contributed by atoms with Crippen molar-refractivity contribution in [1.29, 1.82) is 0 Å². The largest absolute Gasteiger partial charge is 0.508 e. The van der Waals surface area contributed by atoms with Crippen LogP contribution in [0, 0.1) is 69.0 Å². The van der Waals surface area contributed by atoms with Gasteiger partial charge in [-0.05, 0) is 215 Å². The maximum atomic E-state index is 16.0. The number of ether oxygens (including phenoxy) is 1. The molecule has 404 valence electrons. The lowest BCUT2D eigenvalue weighted by molar-refractivity contribution is -0.222. The third-order valence-electron chi connectivity index (χ3n) is 24.5. The number of rotatable bonds is 9. The van der Waals surface area contributed by atoms with Gasteiger partial charge in [-0.1, -0.05) is 95.9 Å². The van der Waals surface area contributed by atoms with Crippen LogP contribution in [0.3, 0.4) is 0 Å². The number of nitrogen functional groups attached to an aromatic ring is 1. The van der Waals surface area contributed by atoms with Gasteiger partial charge in [0.15, 0.2) is 5.78 Å². The summed E-state index contributed by atoms with van der Waals surface area (Å²) < 4.78 is 6.90. The summed E-state index contributed by atoms with van der Waals surface area (Å²) >= 11 is 0. The van der Waals surface area contributed by atoms with Crippen LogP contribution >= 0.6 is 0 Å². The molecule has 0 amide bonds. The van der Waals surface area contributed by atoms with Crippen LogP contribution in [-0.4, -0.2) is 69.9 Å². The fraction of sp³-hybridized carbons (Fsp3) is 0.754. The molecule has 0 bridgehead atoms. The van der Waals surface area contributed by atoms with E-state index < -0.39 is 28.1 Å². The van der Waals surface area contributed by atoms with Crippen molar-refractivity contribution in [2.45, 2.75) is 224 Å². The lowest BCUT2D eigenvalue weighted by Gasteiger charge is -2.73. The first kappa shape index (κ1) is 51.7. The molecule has 2 aromatic carbocycles. The number of Topliss-reactive ketones (excluding diaryl/α,β-unsaturated/α-hetero) is 2. The van der Waals surface area contributed by atoms with Crippen LogP contribution in [0.1, 0.15) is 204 Å². The van der Waals surface area contributed by atoms with Crippen molar-refractivity contribution in [3.05, 3.63) is 70.3 Å². The summed E-state index contributed by atoms with van der Waals surface area (Å²) in [5.74, 6) is 2.99. The maximum Gasteiger partial charge on any atom is 0.160 e. The molecule has 9 nitrogen and oxygen atoms in total. The number of hydrogen-bond donors (Lipinski definition) is 6. The van der Waals surface area contributed by atoms with Gasteiger partial charge in [-0.25, -0.2) is 0 Å². The van der Waals surface area contributed by atoms with Crippen molar-refractivity contribution in [1.82, 2.24) is 10.6 Å². The highest BCUT2D eigenvalue weighted by Gasteiger charge is 2.75. The van der Waals surface area contributed by atoms with E-state index in [-0.39, 0.29) is 58.3 Å². The number of aliphatic hydroxyl groups excluding tert-OH is 1. The fourth-order valence-electron chi connectivity index (χ4n) is 21.4. The van der Waals surface area contributed by atoms with Gasteiger partial charge >= 0.3 is 0 Å². The molecule has 10 aliphatic rings. The molecule has 7 saturated carbocycles. The number of hydrogen-bond acceptors (Lipinski definition) is 9. The quantitative estimate of drug-likeness (QED) is 0.106. The van der Waals surface area contributed by atoms with Crippen molar-refractivity contribution in [3.8, 4) is 5.75 Å². The lowest BCUT2D eigenvalue weighted by atomic mass is 9.31. The zero-order valence-electron chi connectivity index (χ0n) is 46.2. The Kier molecular flexibility index (Phi) is 13.1. The number of allylic oxidation sites excluding steroid dienone is 2. The summed E-state index contributed by atoms with van der Waals surface area (Å²) in [4.78, 5) is 31.9. The maximum absolute atomic E-state index is 16.0.